The second kappa shape index (κ2) is 11.9. The van der Waals surface area contributed by atoms with Crippen LogP contribution in [0.3, 0.4) is 0 Å². The number of nitrogens with two attached hydrogens (primary N) is 1. The molecule has 0 saturated carbocycles. The zero-order valence-electron chi connectivity index (χ0n) is 22.3. The van der Waals surface area contributed by atoms with Crippen molar-refractivity contribution in [1.82, 2.24) is 20.2 Å². The number of hydrogen-bond acceptors (Lipinski definition) is 9. The quantitative estimate of drug-likeness (QED) is 0.353. The van der Waals surface area contributed by atoms with Crippen LogP contribution in [0.25, 0.3) is 0 Å². The van der Waals surface area contributed by atoms with Gasteiger partial charge in [0.05, 0.1) is 11.3 Å². The Kier molecular flexibility index (Phi) is 8.13. The monoisotopic (exact) mass is 549 g/mol. The first kappa shape index (κ1) is 26.7. The molecule has 0 spiro atoms. The predicted molar refractivity (Wildman–Crippen MR) is 156 cm³/mol. The Bertz CT molecular complexity index is 1300. The molecule has 0 unspecified atom stereocenters. The van der Waals surface area contributed by atoms with Crippen molar-refractivity contribution in [3.05, 3.63) is 53.0 Å². The van der Waals surface area contributed by atoms with Crippen LogP contribution in [0, 0.1) is 6.92 Å². The molecular formula is C27H35N9O2S. The molecule has 2 aromatic heterocycles. The number of piperidine rings is 1. The normalized spacial score (nSPS) is 18.1. The minimum absolute atomic E-state index is 0.0454. The smallest absolute Gasteiger partial charge is 0.321 e. The third-order valence-corrected chi connectivity index (χ3v) is 7.94. The van der Waals surface area contributed by atoms with Gasteiger partial charge in [0.25, 0.3) is 5.91 Å². The van der Waals surface area contributed by atoms with Crippen LogP contribution in [-0.4, -0.2) is 79.2 Å². The highest BCUT2D eigenvalue weighted by atomic mass is 32.1. The van der Waals surface area contributed by atoms with Gasteiger partial charge in [-0.05, 0) is 63.2 Å². The van der Waals surface area contributed by atoms with E-state index < -0.39 is 5.91 Å². The number of pyridine rings is 1. The molecule has 206 valence electrons. The fraction of sp³-hybridized carbons (Fsp3) is 0.407. The third kappa shape index (κ3) is 6.76. The average molecular weight is 550 g/mol. The minimum Gasteiger partial charge on any atom is -0.369 e. The summed E-state index contributed by atoms with van der Waals surface area (Å²) in [6.45, 7) is 7.37. The van der Waals surface area contributed by atoms with E-state index in [-0.39, 0.29) is 12.1 Å². The zero-order valence-corrected chi connectivity index (χ0v) is 23.1. The van der Waals surface area contributed by atoms with Crippen molar-refractivity contribution < 1.29 is 9.59 Å². The first-order valence-electron chi connectivity index (χ1n) is 13.2. The molecule has 2 aliphatic rings. The molecule has 4 heterocycles. The molecule has 5 N–H and O–H groups in total. The lowest BCUT2D eigenvalue weighted by atomic mass is 10.1. The standard InChI is InChI=1S/C27H35N9O2S/c1-18-17-39-27(29-18)33-26(38)31-20-4-3-11-36(16-20)23-10-9-22(24(28)37)25(32-23)30-19-5-7-21(8-6-19)35-14-12-34(2)13-15-35/h5-10,17,20H,3-4,11-16H2,1-2H3,(H2,28,37)(H,30,32)(H2,29,31,33,38)/t20-/m1/s1. The average Bonchev–Trinajstić information content (AvgIpc) is 3.33. The summed E-state index contributed by atoms with van der Waals surface area (Å²) in [6, 6.07) is 11.4. The molecule has 5 rings (SSSR count). The van der Waals surface area contributed by atoms with Gasteiger partial charge in [-0.1, -0.05) is 0 Å². The number of benzene rings is 1. The van der Waals surface area contributed by atoms with E-state index >= 15 is 0 Å². The number of amides is 3. The first-order chi connectivity index (χ1) is 18.8. The van der Waals surface area contributed by atoms with E-state index in [2.05, 4.69) is 54.8 Å². The number of piperazine rings is 1. The second-order valence-electron chi connectivity index (χ2n) is 10.1. The van der Waals surface area contributed by atoms with Crippen LogP contribution in [-0.2, 0) is 0 Å². The molecule has 0 radical (unpaired) electrons. The zero-order chi connectivity index (χ0) is 27.4. The number of rotatable bonds is 7. The molecule has 11 nitrogen and oxygen atoms in total. The molecule has 1 aromatic carbocycles. The fourth-order valence-corrected chi connectivity index (χ4v) is 5.59. The van der Waals surface area contributed by atoms with E-state index in [1.54, 1.807) is 6.07 Å². The van der Waals surface area contributed by atoms with Crippen molar-refractivity contribution in [1.29, 1.82) is 0 Å². The van der Waals surface area contributed by atoms with Crippen LogP contribution in [0.1, 0.15) is 28.9 Å². The topological polar surface area (TPSA) is 132 Å². The SMILES string of the molecule is Cc1csc(NC(=O)N[C@@H]2CCCN(c3ccc(C(N)=O)c(Nc4ccc(N5CCN(C)CC5)cc4)n3)C2)n1. The van der Waals surface area contributed by atoms with Gasteiger partial charge in [-0.15, -0.1) is 11.3 Å². The third-order valence-electron chi connectivity index (χ3n) is 7.06. The second-order valence-corrected chi connectivity index (χ2v) is 10.9. The van der Waals surface area contributed by atoms with Gasteiger partial charge in [-0.25, -0.2) is 14.8 Å². The number of anilines is 5. The number of urea groups is 1. The fourth-order valence-electron chi connectivity index (χ4n) is 4.91. The van der Waals surface area contributed by atoms with Crippen molar-refractivity contribution in [3.8, 4) is 0 Å². The Hall–Kier alpha value is -3.90. The largest absolute Gasteiger partial charge is 0.369 e. The van der Waals surface area contributed by atoms with Gasteiger partial charge in [0.15, 0.2) is 5.13 Å². The first-order valence-corrected chi connectivity index (χ1v) is 14.1. The van der Waals surface area contributed by atoms with Crippen molar-refractivity contribution in [2.75, 3.05) is 66.7 Å². The number of hydrogen-bond donors (Lipinski definition) is 4. The highest BCUT2D eigenvalue weighted by Crippen LogP contribution is 2.27. The van der Waals surface area contributed by atoms with E-state index in [4.69, 9.17) is 10.7 Å². The van der Waals surface area contributed by atoms with Gasteiger partial charge >= 0.3 is 6.03 Å². The van der Waals surface area contributed by atoms with Crippen molar-refractivity contribution in [3.63, 3.8) is 0 Å². The van der Waals surface area contributed by atoms with Crippen LogP contribution in [0.5, 0.6) is 0 Å². The number of nitrogens with zero attached hydrogens (tertiary/aromatic N) is 5. The number of thiazole rings is 1. The van der Waals surface area contributed by atoms with Crippen LogP contribution in [0.2, 0.25) is 0 Å². The van der Waals surface area contributed by atoms with Crippen LogP contribution in [0.15, 0.2) is 41.8 Å². The summed E-state index contributed by atoms with van der Waals surface area (Å²) in [5.74, 6) is 0.594. The summed E-state index contributed by atoms with van der Waals surface area (Å²) in [4.78, 5) is 40.5. The summed E-state index contributed by atoms with van der Waals surface area (Å²) in [5.41, 5.74) is 8.87. The highest BCUT2D eigenvalue weighted by molar-refractivity contribution is 7.13. The minimum atomic E-state index is -0.544. The summed E-state index contributed by atoms with van der Waals surface area (Å²) in [5, 5.41) is 11.6. The Labute approximate surface area is 232 Å². The number of aromatic nitrogens is 2. The van der Waals surface area contributed by atoms with Gasteiger partial charge in [-0.2, -0.15) is 0 Å². The molecule has 3 amide bonds. The Morgan fingerprint density at radius 3 is 2.46 bits per heavy atom. The predicted octanol–water partition coefficient (Wildman–Crippen LogP) is 3.23. The molecular weight excluding hydrogens is 514 g/mol. The Morgan fingerprint density at radius 1 is 1.00 bits per heavy atom. The van der Waals surface area contributed by atoms with Gasteiger partial charge in [0.1, 0.15) is 11.6 Å². The maximum atomic E-state index is 12.5. The summed E-state index contributed by atoms with van der Waals surface area (Å²) >= 11 is 1.40. The van der Waals surface area contributed by atoms with Gasteiger partial charge in [0, 0.05) is 62.1 Å². The van der Waals surface area contributed by atoms with Crippen molar-refractivity contribution >= 4 is 51.4 Å². The maximum Gasteiger partial charge on any atom is 0.321 e. The number of nitrogens with one attached hydrogen (secondary N) is 3. The van der Waals surface area contributed by atoms with Gasteiger partial charge in [0.2, 0.25) is 0 Å². The molecule has 0 bridgehead atoms. The van der Waals surface area contributed by atoms with E-state index in [9.17, 15) is 9.59 Å². The number of likely N-dealkylation sites (N-methyl/N-ethyl adjacent to an activating group) is 1. The molecule has 3 aromatic rings. The lowest BCUT2D eigenvalue weighted by Crippen LogP contribution is -2.49. The van der Waals surface area contributed by atoms with E-state index in [1.807, 2.05) is 30.5 Å². The summed E-state index contributed by atoms with van der Waals surface area (Å²) in [7, 11) is 2.14. The highest BCUT2D eigenvalue weighted by Gasteiger charge is 2.24. The number of primary amides is 1. The molecule has 2 fully saturated rings. The number of carbonyl (C=O) groups is 2. The Morgan fingerprint density at radius 2 is 1.77 bits per heavy atom. The molecule has 2 aliphatic heterocycles. The number of aryl methyl sites for hydroxylation is 1. The summed E-state index contributed by atoms with van der Waals surface area (Å²) < 4.78 is 0. The van der Waals surface area contributed by atoms with Crippen molar-refractivity contribution in [2.45, 2.75) is 25.8 Å². The molecule has 0 aliphatic carbocycles. The molecule has 39 heavy (non-hydrogen) atoms. The maximum absolute atomic E-state index is 12.5. The van der Waals surface area contributed by atoms with Crippen molar-refractivity contribution in [2.24, 2.45) is 5.73 Å². The lowest BCUT2D eigenvalue weighted by molar-refractivity contribution is 0.100. The van der Waals surface area contributed by atoms with Crippen LogP contribution in [0.4, 0.5) is 32.9 Å². The summed E-state index contributed by atoms with van der Waals surface area (Å²) in [6.07, 6.45) is 1.77. The van der Waals surface area contributed by atoms with Crippen LogP contribution >= 0.6 is 11.3 Å². The molecule has 12 heteroatoms. The molecule has 1 atom stereocenters. The van der Waals surface area contributed by atoms with Gasteiger partial charge in [-0.3, -0.25) is 10.1 Å². The number of carbonyl (C=O) groups excluding carboxylic acids is 2. The van der Waals surface area contributed by atoms with E-state index in [0.717, 1.165) is 62.8 Å². The van der Waals surface area contributed by atoms with Crippen LogP contribution < -0.4 is 31.5 Å². The Balaban J connectivity index is 1.25. The lowest BCUT2D eigenvalue weighted by Gasteiger charge is -2.34. The molecule has 2 saturated heterocycles. The van der Waals surface area contributed by atoms with E-state index in [0.29, 0.717) is 23.1 Å². The van der Waals surface area contributed by atoms with Gasteiger partial charge < -0.3 is 31.1 Å². The van der Waals surface area contributed by atoms with E-state index in [1.165, 1.54) is 17.0 Å².